The zero-order valence-electron chi connectivity index (χ0n) is 17.9. The van der Waals surface area contributed by atoms with Gasteiger partial charge in [0, 0.05) is 28.7 Å². The molecule has 0 fully saturated rings. The highest BCUT2D eigenvalue weighted by atomic mass is 32.1. The van der Waals surface area contributed by atoms with E-state index in [-0.39, 0.29) is 10.1 Å². The summed E-state index contributed by atoms with van der Waals surface area (Å²) in [5.74, 6) is 0.843. The lowest BCUT2D eigenvalue weighted by Crippen LogP contribution is -2.08. The maximum Gasteiger partial charge on any atom is 0.345 e. The molecule has 9 nitrogen and oxygen atoms in total. The van der Waals surface area contributed by atoms with E-state index >= 15 is 0 Å². The molecule has 4 rings (SSSR count). The van der Waals surface area contributed by atoms with Gasteiger partial charge in [-0.25, -0.2) is 4.98 Å². The number of aromatic nitrogens is 1. The van der Waals surface area contributed by atoms with Crippen molar-refractivity contribution in [1.29, 1.82) is 0 Å². The fraction of sp³-hybridized carbons (Fsp3) is 0.130. The van der Waals surface area contributed by atoms with Crippen molar-refractivity contribution in [3.63, 3.8) is 0 Å². The molecular weight excluding hydrogens is 446 g/mol. The number of allylic oxidation sites excluding steroid dienone is 1. The third-order valence-corrected chi connectivity index (χ3v) is 5.84. The Morgan fingerprint density at radius 2 is 1.97 bits per heavy atom. The van der Waals surface area contributed by atoms with Crippen molar-refractivity contribution < 1.29 is 23.6 Å². The van der Waals surface area contributed by atoms with Gasteiger partial charge in [-0.2, -0.15) is 0 Å². The van der Waals surface area contributed by atoms with Crippen LogP contribution in [0.15, 0.2) is 59.4 Å². The average molecular weight is 465 g/mol. The number of nitrogens with zero attached hydrogens (tertiary/aromatic N) is 2. The van der Waals surface area contributed by atoms with Gasteiger partial charge in [-0.15, -0.1) is 0 Å². The molecular formula is C23H19N3O6S. The highest BCUT2D eigenvalue weighted by Gasteiger charge is 2.16. The van der Waals surface area contributed by atoms with Gasteiger partial charge >= 0.3 is 5.00 Å². The number of furan rings is 1. The second-order valence-electron chi connectivity index (χ2n) is 7.00. The first-order chi connectivity index (χ1) is 15.9. The number of hydrogen-bond acceptors (Lipinski definition) is 8. The molecule has 0 spiro atoms. The summed E-state index contributed by atoms with van der Waals surface area (Å²) in [6.07, 6.45) is 4.17. The smallest absolute Gasteiger partial charge is 0.345 e. The number of thiazole rings is 1. The number of fused-ring (bicyclic) bond motifs is 1. The van der Waals surface area contributed by atoms with Crippen LogP contribution in [0.2, 0.25) is 0 Å². The minimum Gasteiger partial charge on any atom is -0.497 e. The molecule has 0 aliphatic carbocycles. The molecule has 0 saturated heterocycles. The number of methoxy groups -OCH3 is 2. The van der Waals surface area contributed by atoms with Gasteiger partial charge in [0.25, 0.3) is 0 Å². The van der Waals surface area contributed by atoms with Crippen LogP contribution in [0.25, 0.3) is 27.7 Å². The number of anilines is 1. The van der Waals surface area contributed by atoms with E-state index in [0.29, 0.717) is 22.5 Å². The molecule has 2 aromatic carbocycles. The Bertz CT molecular complexity index is 1370. The monoisotopic (exact) mass is 465 g/mol. The maximum absolute atomic E-state index is 12.5. The lowest BCUT2D eigenvalue weighted by atomic mass is 9.99. The average Bonchev–Trinajstić information content (AvgIpc) is 3.45. The SMILES string of the molecule is COc1ccc(-c2coc3cc(OC)c(/C(C)=C/C(=O)Nc4ncc([N+](=O)[O-])s4)cc23)cc1. The van der Waals surface area contributed by atoms with Crippen LogP contribution in [-0.2, 0) is 4.79 Å². The van der Waals surface area contributed by atoms with E-state index in [0.717, 1.165) is 39.8 Å². The molecule has 0 saturated carbocycles. The van der Waals surface area contributed by atoms with Crippen LogP contribution < -0.4 is 14.8 Å². The first kappa shape index (κ1) is 22.0. The Balaban J connectivity index is 1.67. The maximum atomic E-state index is 12.5. The highest BCUT2D eigenvalue weighted by molar-refractivity contribution is 7.18. The number of carbonyl (C=O) groups is 1. The van der Waals surface area contributed by atoms with Crippen LogP contribution in [0.1, 0.15) is 12.5 Å². The van der Waals surface area contributed by atoms with Crippen LogP contribution in [0.3, 0.4) is 0 Å². The first-order valence-corrected chi connectivity index (χ1v) is 10.5. The second-order valence-corrected chi connectivity index (χ2v) is 8.01. The number of carbonyl (C=O) groups excluding carboxylic acids is 1. The summed E-state index contributed by atoms with van der Waals surface area (Å²) >= 11 is 0.788. The van der Waals surface area contributed by atoms with Crippen LogP contribution in [0.4, 0.5) is 10.1 Å². The van der Waals surface area contributed by atoms with E-state index in [4.69, 9.17) is 13.9 Å². The number of nitro groups is 1. The Labute approximate surface area is 192 Å². The van der Waals surface area contributed by atoms with Gasteiger partial charge in [-0.05, 0) is 47.6 Å². The minimum absolute atomic E-state index is 0.148. The molecule has 10 heteroatoms. The van der Waals surface area contributed by atoms with Crippen molar-refractivity contribution in [2.75, 3.05) is 19.5 Å². The molecule has 1 amide bonds. The Morgan fingerprint density at radius 3 is 2.61 bits per heavy atom. The molecule has 0 unspecified atom stereocenters. The summed E-state index contributed by atoms with van der Waals surface area (Å²) in [6.45, 7) is 1.78. The quantitative estimate of drug-likeness (QED) is 0.217. The third kappa shape index (κ3) is 4.55. The number of benzene rings is 2. The molecule has 2 aromatic heterocycles. The standard InChI is InChI=1S/C23H19N3O6S/c1-13(8-21(27)25-23-24-11-22(33-23)26(28)29)16-9-17-18(12-32-20(17)10-19(16)31-3)14-4-6-15(30-2)7-5-14/h4-12H,1-3H3,(H,24,25,27)/b13-8+. The molecule has 168 valence electrons. The van der Waals surface area contributed by atoms with Gasteiger partial charge in [0.05, 0.1) is 25.4 Å². The highest BCUT2D eigenvalue weighted by Crippen LogP contribution is 2.37. The van der Waals surface area contributed by atoms with Crippen LogP contribution in [0.5, 0.6) is 11.5 Å². The molecule has 0 aliphatic rings. The van der Waals surface area contributed by atoms with Crippen molar-refractivity contribution in [2.24, 2.45) is 0 Å². The van der Waals surface area contributed by atoms with Gasteiger partial charge in [0.15, 0.2) is 5.13 Å². The minimum atomic E-state index is -0.556. The van der Waals surface area contributed by atoms with Crippen molar-refractivity contribution in [2.45, 2.75) is 6.92 Å². The van der Waals surface area contributed by atoms with Crippen LogP contribution in [0, 0.1) is 10.1 Å². The molecule has 0 aliphatic heterocycles. The lowest BCUT2D eigenvalue weighted by molar-refractivity contribution is -0.380. The van der Waals surface area contributed by atoms with Gasteiger partial charge in [0.1, 0.15) is 23.3 Å². The van der Waals surface area contributed by atoms with E-state index in [1.807, 2.05) is 30.3 Å². The van der Waals surface area contributed by atoms with Gasteiger partial charge in [-0.3, -0.25) is 20.2 Å². The van der Waals surface area contributed by atoms with Crippen molar-refractivity contribution in [1.82, 2.24) is 4.98 Å². The predicted molar refractivity (Wildman–Crippen MR) is 126 cm³/mol. The summed E-state index contributed by atoms with van der Waals surface area (Å²) in [5, 5.41) is 14.2. The Kier molecular flexibility index (Phi) is 6.09. The zero-order valence-corrected chi connectivity index (χ0v) is 18.8. The largest absolute Gasteiger partial charge is 0.497 e. The van der Waals surface area contributed by atoms with E-state index in [2.05, 4.69) is 10.3 Å². The normalized spacial score (nSPS) is 11.4. The van der Waals surface area contributed by atoms with Crippen molar-refractivity contribution in [3.8, 4) is 22.6 Å². The summed E-state index contributed by atoms with van der Waals surface area (Å²) < 4.78 is 16.5. The van der Waals surface area contributed by atoms with Gasteiger partial charge in [0.2, 0.25) is 5.91 Å². The van der Waals surface area contributed by atoms with E-state index < -0.39 is 10.8 Å². The lowest BCUT2D eigenvalue weighted by Gasteiger charge is -2.10. The second kappa shape index (κ2) is 9.13. The molecule has 1 N–H and O–H groups in total. The fourth-order valence-electron chi connectivity index (χ4n) is 3.35. The summed E-state index contributed by atoms with van der Waals surface area (Å²) in [7, 11) is 3.15. The summed E-state index contributed by atoms with van der Waals surface area (Å²) in [5.41, 5.74) is 3.84. The van der Waals surface area contributed by atoms with Crippen LogP contribution >= 0.6 is 11.3 Å². The number of hydrogen-bond donors (Lipinski definition) is 1. The molecule has 0 bridgehead atoms. The van der Waals surface area contributed by atoms with Gasteiger partial charge < -0.3 is 13.9 Å². The van der Waals surface area contributed by atoms with Crippen molar-refractivity contribution >= 4 is 43.9 Å². The Morgan fingerprint density at radius 1 is 1.21 bits per heavy atom. The van der Waals surface area contributed by atoms with Crippen molar-refractivity contribution in [3.05, 3.63) is 70.6 Å². The molecule has 2 heterocycles. The number of rotatable bonds is 7. The third-order valence-electron chi connectivity index (χ3n) is 4.97. The molecule has 0 radical (unpaired) electrons. The zero-order chi connectivity index (χ0) is 23.5. The first-order valence-electron chi connectivity index (χ1n) is 9.73. The van der Waals surface area contributed by atoms with Gasteiger partial charge in [-0.1, -0.05) is 12.1 Å². The topological polar surface area (TPSA) is 117 Å². The van der Waals surface area contributed by atoms with Crippen LogP contribution in [-0.4, -0.2) is 30.0 Å². The molecule has 4 aromatic rings. The number of amides is 1. The summed E-state index contributed by atoms with van der Waals surface area (Å²) in [4.78, 5) is 26.6. The summed E-state index contributed by atoms with van der Waals surface area (Å²) in [6, 6.07) is 11.3. The molecule has 33 heavy (non-hydrogen) atoms. The van der Waals surface area contributed by atoms with E-state index in [9.17, 15) is 14.9 Å². The predicted octanol–water partition coefficient (Wildman–Crippen LogP) is 5.52. The Hall–Kier alpha value is -4.18. The number of nitrogens with one attached hydrogen (secondary N) is 1. The van der Waals surface area contributed by atoms with E-state index in [1.54, 1.807) is 33.5 Å². The van der Waals surface area contributed by atoms with E-state index in [1.165, 1.54) is 6.08 Å². The number of ether oxygens (including phenoxy) is 2. The fourth-order valence-corrected chi connectivity index (χ4v) is 3.98. The molecule has 0 atom stereocenters.